The topological polar surface area (TPSA) is 102 Å². The van der Waals surface area contributed by atoms with E-state index in [9.17, 15) is 4.79 Å². The van der Waals surface area contributed by atoms with Crippen LogP contribution in [0.1, 0.15) is 5.56 Å². The second-order valence-electron chi connectivity index (χ2n) is 5.27. The van der Waals surface area contributed by atoms with Crippen LogP contribution in [0.4, 0.5) is 0 Å². The van der Waals surface area contributed by atoms with Gasteiger partial charge in [0.2, 0.25) is 11.8 Å². The molecule has 0 saturated heterocycles. The van der Waals surface area contributed by atoms with E-state index in [1.165, 1.54) is 0 Å². The molecule has 1 atom stereocenters. The second kappa shape index (κ2) is 6.94. The highest BCUT2D eigenvalue weighted by Gasteiger charge is 2.13. The number of aliphatic carboxylic acids is 1. The number of aromatic nitrogens is 2. The van der Waals surface area contributed by atoms with Gasteiger partial charge in [0.25, 0.3) is 0 Å². The molecule has 122 valence electrons. The molecule has 0 fully saturated rings. The third-order valence-corrected chi connectivity index (χ3v) is 4.02. The third-order valence-electron chi connectivity index (χ3n) is 3.49. The molecule has 0 amide bonds. The lowest BCUT2D eigenvalue weighted by Crippen LogP contribution is -2.32. The van der Waals surface area contributed by atoms with Crippen molar-refractivity contribution < 1.29 is 14.3 Å². The summed E-state index contributed by atoms with van der Waals surface area (Å²) in [5.41, 5.74) is 7.96. The molecule has 6 nitrogen and oxygen atoms in total. The van der Waals surface area contributed by atoms with Crippen molar-refractivity contribution in [3.05, 3.63) is 58.6 Å². The average molecular weight is 388 g/mol. The fourth-order valence-electron chi connectivity index (χ4n) is 2.17. The first-order valence-electron chi connectivity index (χ1n) is 7.20. The first-order valence-corrected chi connectivity index (χ1v) is 7.99. The van der Waals surface area contributed by atoms with Crippen LogP contribution in [0, 0.1) is 0 Å². The first-order chi connectivity index (χ1) is 11.5. The van der Waals surface area contributed by atoms with Gasteiger partial charge >= 0.3 is 5.97 Å². The average Bonchev–Trinajstić information content (AvgIpc) is 3.06. The summed E-state index contributed by atoms with van der Waals surface area (Å²) < 4.78 is 6.67. The molecule has 3 rings (SSSR count). The number of nitrogens with zero attached hydrogens (tertiary/aromatic N) is 2. The van der Waals surface area contributed by atoms with Crippen LogP contribution in [0.2, 0.25) is 0 Å². The third kappa shape index (κ3) is 3.69. The number of carboxylic acids is 1. The van der Waals surface area contributed by atoms with Crippen molar-refractivity contribution in [1.82, 2.24) is 10.2 Å². The molecule has 24 heavy (non-hydrogen) atoms. The van der Waals surface area contributed by atoms with Gasteiger partial charge in [-0.3, -0.25) is 4.79 Å². The lowest BCUT2D eigenvalue weighted by atomic mass is 10.0. The Balaban J connectivity index is 1.78. The SMILES string of the molecule is N[C@@H](Cc1ccc(-c2nnc(-c3ccc(Br)cc3)o2)cc1)C(=O)O. The molecule has 3 aromatic rings. The predicted molar refractivity (Wildman–Crippen MR) is 92.2 cm³/mol. The van der Waals surface area contributed by atoms with Crippen LogP contribution in [0.5, 0.6) is 0 Å². The number of carboxylic acid groups (broad SMARTS) is 1. The lowest BCUT2D eigenvalue weighted by Gasteiger charge is -2.06. The number of benzene rings is 2. The van der Waals surface area contributed by atoms with Crippen molar-refractivity contribution in [3.63, 3.8) is 0 Å². The van der Waals surface area contributed by atoms with Crippen LogP contribution < -0.4 is 5.73 Å². The van der Waals surface area contributed by atoms with Crippen molar-refractivity contribution in [2.75, 3.05) is 0 Å². The Morgan fingerprint density at radius 1 is 1.04 bits per heavy atom. The molecule has 0 unspecified atom stereocenters. The smallest absolute Gasteiger partial charge is 0.320 e. The Morgan fingerprint density at radius 2 is 1.54 bits per heavy atom. The molecule has 0 radical (unpaired) electrons. The summed E-state index contributed by atoms with van der Waals surface area (Å²) in [5.74, 6) is -0.174. The quantitative estimate of drug-likeness (QED) is 0.696. The van der Waals surface area contributed by atoms with Gasteiger partial charge in [0.05, 0.1) is 0 Å². The van der Waals surface area contributed by atoms with Crippen LogP contribution in [0.25, 0.3) is 22.9 Å². The Kier molecular flexibility index (Phi) is 4.73. The van der Waals surface area contributed by atoms with E-state index in [1.807, 2.05) is 48.5 Å². The van der Waals surface area contributed by atoms with Gasteiger partial charge in [-0.1, -0.05) is 28.1 Å². The highest BCUT2D eigenvalue weighted by molar-refractivity contribution is 9.10. The van der Waals surface area contributed by atoms with E-state index in [0.717, 1.165) is 21.2 Å². The highest BCUT2D eigenvalue weighted by Crippen LogP contribution is 2.25. The maximum absolute atomic E-state index is 10.8. The Labute approximate surface area is 146 Å². The minimum atomic E-state index is -1.02. The maximum Gasteiger partial charge on any atom is 0.320 e. The zero-order valence-electron chi connectivity index (χ0n) is 12.5. The summed E-state index contributed by atoms with van der Waals surface area (Å²) in [6.07, 6.45) is 0.267. The predicted octanol–water partition coefficient (Wildman–Crippen LogP) is 3.12. The largest absolute Gasteiger partial charge is 0.480 e. The molecule has 7 heteroatoms. The van der Waals surface area contributed by atoms with E-state index in [4.69, 9.17) is 15.3 Å². The molecule has 0 aliphatic carbocycles. The summed E-state index contributed by atoms with van der Waals surface area (Å²) in [5, 5.41) is 17.0. The summed E-state index contributed by atoms with van der Waals surface area (Å²) in [6.45, 7) is 0. The van der Waals surface area contributed by atoms with E-state index < -0.39 is 12.0 Å². The van der Waals surface area contributed by atoms with Gasteiger partial charge in [-0.25, -0.2) is 0 Å². The van der Waals surface area contributed by atoms with Crippen molar-refractivity contribution in [1.29, 1.82) is 0 Å². The van der Waals surface area contributed by atoms with Crippen molar-refractivity contribution in [3.8, 4) is 22.9 Å². The van der Waals surface area contributed by atoms with E-state index in [1.54, 1.807) is 0 Å². The van der Waals surface area contributed by atoms with Crippen molar-refractivity contribution in [2.45, 2.75) is 12.5 Å². The lowest BCUT2D eigenvalue weighted by molar-refractivity contribution is -0.138. The molecule has 3 N–H and O–H groups in total. The van der Waals surface area contributed by atoms with Crippen molar-refractivity contribution in [2.24, 2.45) is 5.73 Å². The van der Waals surface area contributed by atoms with Crippen LogP contribution in [0.3, 0.4) is 0 Å². The zero-order chi connectivity index (χ0) is 17.1. The number of nitrogens with two attached hydrogens (primary N) is 1. The van der Waals surface area contributed by atoms with Gasteiger partial charge < -0.3 is 15.3 Å². The minimum Gasteiger partial charge on any atom is -0.480 e. The van der Waals surface area contributed by atoms with Gasteiger partial charge in [-0.2, -0.15) is 0 Å². The number of rotatable bonds is 5. The van der Waals surface area contributed by atoms with Gasteiger partial charge in [0.15, 0.2) is 0 Å². The number of hydrogen-bond acceptors (Lipinski definition) is 5. The number of hydrogen-bond donors (Lipinski definition) is 2. The molecule has 1 aromatic heterocycles. The van der Waals surface area contributed by atoms with E-state index in [-0.39, 0.29) is 6.42 Å². The highest BCUT2D eigenvalue weighted by atomic mass is 79.9. The summed E-state index contributed by atoms with van der Waals surface area (Å²) in [4.78, 5) is 10.8. The number of halogens is 1. The Morgan fingerprint density at radius 3 is 2.04 bits per heavy atom. The number of carbonyl (C=O) groups is 1. The van der Waals surface area contributed by atoms with Crippen LogP contribution in [-0.2, 0) is 11.2 Å². The molecule has 0 aliphatic rings. The fraction of sp³-hybridized carbons (Fsp3) is 0.118. The summed E-state index contributed by atoms with van der Waals surface area (Å²) in [6, 6.07) is 13.9. The summed E-state index contributed by atoms with van der Waals surface area (Å²) >= 11 is 3.38. The molecular formula is C17H14BrN3O3. The van der Waals surface area contributed by atoms with Gasteiger partial charge in [0, 0.05) is 15.6 Å². The Bertz CT molecular complexity index is 844. The maximum atomic E-state index is 10.8. The van der Waals surface area contributed by atoms with E-state index in [2.05, 4.69) is 26.1 Å². The molecule has 0 bridgehead atoms. The van der Waals surface area contributed by atoms with Gasteiger partial charge in [-0.15, -0.1) is 10.2 Å². The molecule has 0 saturated carbocycles. The fourth-order valence-corrected chi connectivity index (χ4v) is 2.44. The molecule has 2 aromatic carbocycles. The minimum absolute atomic E-state index is 0.267. The zero-order valence-corrected chi connectivity index (χ0v) is 14.1. The van der Waals surface area contributed by atoms with Crippen LogP contribution >= 0.6 is 15.9 Å². The normalized spacial score (nSPS) is 12.1. The van der Waals surface area contributed by atoms with E-state index >= 15 is 0 Å². The second-order valence-corrected chi connectivity index (χ2v) is 6.18. The van der Waals surface area contributed by atoms with Crippen molar-refractivity contribution >= 4 is 21.9 Å². The van der Waals surface area contributed by atoms with E-state index in [0.29, 0.717) is 11.8 Å². The Hall–Kier alpha value is -2.51. The molecule has 1 heterocycles. The summed E-state index contributed by atoms with van der Waals surface area (Å²) in [7, 11) is 0. The molecule has 0 spiro atoms. The molecular weight excluding hydrogens is 374 g/mol. The monoisotopic (exact) mass is 387 g/mol. The standard InChI is InChI=1S/C17H14BrN3O3/c18-13-7-5-12(6-8-13)16-21-20-15(24-16)11-3-1-10(2-4-11)9-14(19)17(22)23/h1-8,14H,9,19H2,(H,22,23)/t14-/m0/s1. The van der Waals surface area contributed by atoms with Crippen LogP contribution in [0.15, 0.2) is 57.4 Å². The van der Waals surface area contributed by atoms with Crippen LogP contribution in [-0.4, -0.2) is 27.3 Å². The molecule has 0 aliphatic heterocycles. The first kappa shape index (κ1) is 16.4. The van der Waals surface area contributed by atoms with Gasteiger partial charge in [-0.05, 0) is 48.4 Å². The van der Waals surface area contributed by atoms with Gasteiger partial charge in [0.1, 0.15) is 6.04 Å².